The monoisotopic (exact) mass is 451 g/mol. The lowest BCUT2D eigenvalue weighted by Crippen LogP contribution is -2.42. The first-order valence-corrected chi connectivity index (χ1v) is 11.2. The lowest BCUT2D eigenvalue weighted by Gasteiger charge is -2.17. The lowest BCUT2D eigenvalue weighted by atomic mass is 10.0. The molecule has 2 aromatic carbocycles. The minimum Gasteiger partial charge on any atom is -0.445 e. The Morgan fingerprint density at radius 1 is 1.09 bits per heavy atom. The largest absolute Gasteiger partial charge is 0.445 e. The Morgan fingerprint density at radius 3 is 2.55 bits per heavy atom. The molecule has 1 N–H and O–H groups in total. The van der Waals surface area contributed by atoms with Gasteiger partial charge >= 0.3 is 17.7 Å². The number of ether oxygens (including phenoxy) is 2. The van der Waals surface area contributed by atoms with Gasteiger partial charge in [0.15, 0.2) is 0 Å². The van der Waals surface area contributed by atoms with Crippen LogP contribution in [-0.4, -0.2) is 18.1 Å². The second-order valence-corrected chi connectivity index (χ2v) is 7.92. The number of rotatable bonds is 9. The predicted molar refractivity (Wildman–Crippen MR) is 125 cm³/mol. The Balaban J connectivity index is 1.77. The van der Waals surface area contributed by atoms with Crippen LogP contribution < -0.4 is 15.7 Å². The van der Waals surface area contributed by atoms with Gasteiger partial charge < -0.3 is 19.2 Å². The fraction of sp³-hybridized carbons (Fsp3) is 0.346. The summed E-state index contributed by atoms with van der Waals surface area (Å²) in [6.07, 6.45) is 2.11. The third kappa shape index (κ3) is 6.44. The Bertz CT molecular complexity index is 1170. The number of carbonyl (C=O) groups excluding carboxylic acids is 2. The maximum absolute atomic E-state index is 12.9. The van der Waals surface area contributed by atoms with Crippen molar-refractivity contribution >= 4 is 23.0 Å². The molecule has 0 saturated carbocycles. The van der Waals surface area contributed by atoms with Crippen molar-refractivity contribution < 1.29 is 23.5 Å². The molecule has 3 rings (SSSR count). The number of amides is 1. The summed E-state index contributed by atoms with van der Waals surface area (Å²) in [5.41, 5.74) is 2.33. The minimum absolute atomic E-state index is 0.0977. The molecule has 1 amide bonds. The normalized spacial score (nSPS) is 11.7. The zero-order valence-electron chi connectivity index (χ0n) is 19.2. The van der Waals surface area contributed by atoms with Gasteiger partial charge in [-0.1, -0.05) is 50.6 Å². The molecule has 174 valence electrons. The first-order chi connectivity index (χ1) is 15.9. The number of aryl methyl sites for hydroxylation is 2. The number of benzene rings is 2. The first kappa shape index (κ1) is 24.0. The average molecular weight is 452 g/mol. The molecule has 0 aliphatic carbocycles. The molecule has 0 aliphatic heterocycles. The van der Waals surface area contributed by atoms with Crippen LogP contribution in [0.3, 0.4) is 0 Å². The fourth-order valence-electron chi connectivity index (χ4n) is 3.53. The summed E-state index contributed by atoms with van der Waals surface area (Å²) in [4.78, 5) is 37.2. The molecular formula is C26H29NO6. The zero-order chi connectivity index (χ0) is 23.8. The standard InChI is InChI=1S/C26H29NO6/c1-4-6-12-19-15-23(28)32-21-13-17(3)14-22(24(19)21)33-25(29)20(5-2)27-26(30)31-16-18-10-8-7-9-11-18/h7-11,13-15,20H,4-6,12,16H2,1-3H3,(H,27,30). The molecule has 0 saturated heterocycles. The highest BCUT2D eigenvalue weighted by Crippen LogP contribution is 2.31. The predicted octanol–water partition coefficient (Wildman–Crippen LogP) is 5.05. The molecule has 7 heteroatoms. The molecule has 0 aliphatic rings. The van der Waals surface area contributed by atoms with Crippen LogP contribution >= 0.6 is 0 Å². The minimum atomic E-state index is -0.890. The number of fused-ring (bicyclic) bond motifs is 1. The fourth-order valence-corrected chi connectivity index (χ4v) is 3.53. The highest BCUT2D eigenvalue weighted by Gasteiger charge is 2.24. The van der Waals surface area contributed by atoms with Crippen LogP contribution in [0.1, 0.15) is 49.8 Å². The molecule has 0 bridgehead atoms. The van der Waals surface area contributed by atoms with Gasteiger partial charge in [0, 0.05) is 6.07 Å². The Kier molecular flexibility index (Phi) is 8.24. The molecule has 0 spiro atoms. The van der Waals surface area contributed by atoms with Gasteiger partial charge in [-0.3, -0.25) is 0 Å². The smallest absolute Gasteiger partial charge is 0.408 e. The van der Waals surface area contributed by atoms with Crippen LogP contribution in [0.4, 0.5) is 4.79 Å². The third-order valence-corrected chi connectivity index (χ3v) is 5.24. The molecule has 1 aromatic heterocycles. The number of hydrogen-bond acceptors (Lipinski definition) is 6. The number of carbonyl (C=O) groups is 2. The van der Waals surface area contributed by atoms with Gasteiger partial charge in [-0.2, -0.15) is 0 Å². The summed E-state index contributed by atoms with van der Waals surface area (Å²) in [7, 11) is 0. The summed E-state index contributed by atoms with van der Waals surface area (Å²) in [6.45, 7) is 5.75. The molecule has 1 atom stereocenters. The van der Waals surface area contributed by atoms with E-state index in [0.29, 0.717) is 29.6 Å². The van der Waals surface area contributed by atoms with Crippen LogP contribution in [0.25, 0.3) is 11.0 Å². The van der Waals surface area contributed by atoms with Crippen molar-refractivity contribution in [3.63, 3.8) is 0 Å². The van der Waals surface area contributed by atoms with Crippen LogP contribution in [0.2, 0.25) is 0 Å². The van der Waals surface area contributed by atoms with Gasteiger partial charge in [0.1, 0.15) is 24.0 Å². The maximum Gasteiger partial charge on any atom is 0.408 e. The van der Waals surface area contributed by atoms with Gasteiger partial charge in [-0.05, 0) is 55.0 Å². The van der Waals surface area contributed by atoms with E-state index in [-0.39, 0.29) is 6.61 Å². The number of unbranched alkanes of at least 4 members (excludes halogenated alkanes) is 1. The second kappa shape index (κ2) is 11.3. The van der Waals surface area contributed by atoms with Crippen molar-refractivity contribution in [1.29, 1.82) is 0 Å². The van der Waals surface area contributed by atoms with E-state index in [0.717, 1.165) is 29.5 Å². The SMILES string of the molecule is CCCCc1cc(=O)oc2cc(C)cc(OC(=O)C(CC)NC(=O)OCc3ccccc3)c12. The number of alkyl carbamates (subject to hydrolysis) is 1. The number of hydrogen-bond donors (Lipinski definition) is 1. The molecule has 1 heterocycles. The quantitative estimate of drug-likeness (QED) is 0.278. The highest BCUT2D eigenvalue weighted by molar-refractivity contribution is 5.91. The zero-order valence-corrected chi connectivity index (χ0v) is 19.2. The van der Waals surface area contributed by atoms with Gasteiger partial charge in [0.05, 0.1) is 5.39 Å². The van der Waals surface area contributed by atoms with Gasteiger partial charge in [-0.25, -0.2) is 14.4 Å². The summed E-state index contributed by atoms with van der Waals surface area (Å²) in [5, 5.41) is 3.17. The highest BCUT2D eigenvalue weighted by atomic mass is 16.6. The van der Waals surface area contributed by atoms with E-state index in [1.54, 1.807) is 19.1 Å². The van der Waals surface area contributed by atoms with Crippen molar-refractivity contribution in [3.05, 3.63) is 75.6 Å². The molecule has 3 aromatic rings. The Morgan fingerprint density at radius 2 is 1.85 bits per heavy atom. The van der Waals surface area contributed by atoms with Crippen molar-refractivity contribution in [2.24, 2.45) is 0 Å². The molecule has 1 unspecified atom stereocenters. The number of nitrogens with one attached hydrogen (secondary N) is 1. The molecule has 7 nitrogen and oxygen atoms in total. The van der Waals surface area contributed by atoms with Crippen molar-refractivity contribution in [2.45, 2.75) is 59.1 Å². The van der Waals surface area contributed by atoms with Crippen molar-refractivity contribution in [3.8, 4) is 5.75 Å². The van der Waals surface area contributed by atoms with E-state index in [4.69, 9.17) is 13.9 Å². The summed E-state index contributed by atoms with van der Waals surface area (Å²) >= 11 is 0. The van der Waals surface area contributed by atoms with E-state index < -0.39 is 23.7 Å². The van der Waals surface area contributed by atoms with Crippen LogP contribution in [0.5, 0.6) is 5.75 Å². The van der Waals surface area contributed by atoms with Crippen molar-refractivity contribution in [2.75, 3.05) is 0 Å². The van der Waals surface area contributed by atoms with Crippen LogP contribution in [0, 0.1) is 6.92 Å². The van der Waals surface area contributed by atoms with Crippen molar-refractivity contribution in [1.82, 2.24) is 5.32 Å². The van der Waals surface area contributed by atoms with Gasteiger partial charge in [-0.15, -0.1) is 0 Å². The maximum atomic E-state index is 12.9. The third-order valence-electron chi connectivity index (χ3n) is 5.24. The van der Waals surface area contributed by atoms with E-state index >= 15 is 0 Å². The Labute approximate surface area is 192 Å². The average Bonchev–Trinajstić information content (AvgIpc) is 2.79. The van der Waals surface area contributed by atoms with Crippen LogP contribution in [-0.2, 0) is 22.6 Å². The first-order valence-electron chi connectivity index (χ1n) is 11.2. The molecule has 0 radical (unpaired) electrons. The molecular weight excluding hydrogens is 422 g/mol. The molecule has 33 heavy (non-hydrogen) atoms. The van der Waals surface area contributed by atoms with Gasteiger partial charge in [0.25, 0.3) is 0 Å². The Hall–Kier alpha value is -3.61. The van der Waals surface area contributed by atoms with E-state index in [9.17, 15) is 14.4 Å². The van der Waals surface area contributed by atoms with E-state index in [1.807, 2.05) is 37.3 Å². The lowest BCUT2D eigenvalue weighted by molar-refractivity contribution is -0.136. The summed E-state index contributed by atoms with van der Waals surface area (Å²) in [6, 6.07) is 13.3. The van der Waals surface area contributed by atoms with E-state index in [1.165, 1.54) is 6.07 Å². The van der Waals surface area contributed by atoms with Gasteiger partial charge in [0.2, 0.25) is 0 Å². The summed E-state index contributed by atoms with van der Waals surface area (Å²) < 4.78 is 16.3. The molecule has 0 fully saturated rings. The van der Waals surface area contributed by atoms with Crippen LogP contribution in [0.15, 0.2) is 57.7 Å². The summed E-state index contributed by atoms with van der Waals surface area (Å²) in [5.74, 6) is -0.309. The van der Waals surface area contributed by atoms with E-state index in [2.05, 4.69) is 12.2 Å². The number of esters is 1. The second-order valence-electron chi connectivity index (χ2n) is 7.92. The topological polar surface area (TPSA) is 94.8 Å².